The molecule has 6 nitrogen and oxygen atoms in total. The molecule has 2 rings (SSSR count). The summed E-state index contributed by atoms with van der Waals surface area (Å²) in [5, 5.41) is 2.49. The molecule has 6 heteroatoms. The number of rotatable bonds is 8. The van der Waals surface area contributed by atoms with Gasteiger partial charge in [-0.15, -0.1) is 0 Å². The Morgan fingerprint density at radius 1 is 1.00 bits per heavy atom. The molecular weight excluding hydrogens is 404 g/mol. The van der Waals surface area contributed by atoms with Crippen molar-refractivity contribution in [1.82, 2.24) is 10.2 Å². The third-order valence-electron chi connectivity index (χ3n) is 4.69. The molecule has 32 heavy (non-hydrogen) atoms. The summed E-state index contributed by atoms with van der Waals surface area (Å²) in [7, 11) is 1.70. The van der Waals surface area contributed by atoms with E-state index in [1.54, 1.807) is 32.7 Å². The molecule has 2 aromatic carbocycles. The fourth-order valence-electron chi connectivity index (χ4n) is 3.15. The van der Waals surface area contributed by atoms with E-state index in [0.717, 1.165) is 22.3 Å². The van der Waals surface area contributed by atoms with Gasteiger partial charge in [-0.3, -0.25) is 9.59 Å². The number of hydrogen-bond acceptors (Lipinski definition) is 4. The van der Waals surface area contributed by atoms with Crippen molar-refractivity contribution >= 4 is 17.8 Å². The largest absolute Gasteiger partial charge is 0.444 e. The summed E-state index contributed by atoms with van der Waals surface area (Å²) in [5.74, 6) is 0.271. The van der Waals surface area contributed by atoms with Gasteiger partial charge in [-0.2, -0.15) is 0 Å². The molecule has 0 aliphatic heterocycles. The van der Waals surface area contributed by atoms with Gasteiger partial charge >= 0.3 is 6.09 Å². The second kappa shape index (κ2) is 10.9. The maximum absolute atomic E-state index is 12.4. The van der Waals surface area contributed by atoms with Crippen LogP contribution in [0.15, 0.2) is 48.5 Å². The minimum atomic E-state index is -0.614. The lowest BCUT2D eigenvalue weighted by atomic mass is 9.97. The zero-order chi connectivity index (χ0) is 23.9. The summed E-state index contributed by atoms with van der Waals surface area (Å²) >= 11 is 0. The number of ketones is 1. The number of carbonyl (C=O) groups is 3. The quantitative estimate of drug-likeness (QED) is 0.584. The molecule has 0 radical (unpaired) electrons. The molecule has 0 heterocycles. The molecule has 2 amide bonds. The van der Waals surface area contributed by atoms with Crippen molar-refractivity contribution in [2.45, 2.75) is 53.2 Å². The molecule has 0 bridgehead atoms. The third kappa shape index (κ3) is 8.17. The first-order valence-corrected chi connectivity index (χ1v) is 10.9. The van der Waals surface area contributed by atoms with Crippen molar-refractivity contribution in [3.05, 3.63) is 59.7 Å². The number of nitrogens with zero attached hydrogens (tertiary/aromatic N) is 1. The number of benzene rings is 2. The Morgan fingerprint density at radius 2 is 1.66 bits per heavy atom. The van der Waals surface area contributed by atoms with Crippen molar-refractivity contribution in [2.24, 2.45) is 5.92 Å². The topological polar surface area (TPSA) is 75.7 Å². The molecule has 2 aromatic rings. The number of hydrogen-bond donors (Lipinski definition) is 1. The molecule has 1 N–H and O–H groups in total. The average Bonchev–Trinajstić information content (AvgIpc) is 2.70. The van der Waals surface area contributed by atoms with Crippen LogP contribution in [-0.4, -0.2) is 41.9 Å². The third-order valence-corrected chi connectivity index (χ3v) is 4.69. The van der Waals surface area contributed by atoms with Gasteiger partial charge in [0.25, 0.3) is 0 Å². The van der Waals surface area contributed by atoms with Crippen LogP contribution in [-0.2, 0) is 16.1 Å². The first-order chi connectivity index (χ1) is 14.9. The molecule has 0 aliphatic carbocycles. The van der Waals surface area contributed by atoms with Crippen LogP contribution >= 0.6 is 0 Å². The molecule has 0 saturated carbocycles. The smallest absolute Gasteiger partial charge is 0.408 e. The van der Waals surface area contributed by atoms with Crippen LogP contribution in [0.5, 0.6) is 0 Å². The van der Waals surface area contributed by atoms with Gasteiger partial charge in [0.2, 0.25) is 5.91 Å². The standard InChI is InChI=1S/C26H34N2O4/c1-18(2)14-23(29)21-12-10-20(11-13-21)22-9-7-8-19(15-22)17-28(6)24(30)16-27-25(31)32-26(3,4)5/h7-13,15,18H,14,16-17H2,1-6H3,(H,27,31). The number of carbonyl (C=O) groups excluding carboxylic acids is 3. The molecule has 172 valence electrons. The van der Waals surface area contributed by atoms with Gasteiger partial charge in [-0.25, -0.2) is 4.79 Å². The van der Waals surface area contributed by atoms with E-state index >= 15 is 0 Å². The van der Waals surface area contributed by atoms with Crippen LogP contribution in [0, 0.1) is 5.92 Å². The van der Waals surface area contributed by atoms with Crippen LogP contribution in [0.1, 0.15) is 57.0 Å². The van der Waals surface area contributed by atoms with Crippen molar-refractivity contribution in [2.75, 3.05) is 13.6 Å². The number of ether oxygens (including phenoxy) is 1. The summed E-state index contributed by atoms with van der Waals surface area (Å²) in [6.45, 7) is 9.66. The zero-order valence-electron chi connectivity index (χ0n) is 19.9. The van der Waals surface area contributed by atoms with E-state index in [1.165, 1.54) is 0 Å². The molecule has 0 fully saturated rings. The van der Waals surface area contributed by atoms with Crippen molar-refractivity contribution in [3.8, 4) is 11.1 Å². The Bertz CT molecular complexity index is 943. The van der Waals surface area contributed by atoms with E-state index in [9.17, 15) is 14.4 Å². The summed E-state index contributed by atoms with van der Waals surface area (Å²) in [6, 6.07) is 15.6. The fourth-order valence-corrected chi connectivity index (χ4v) is 3.15. The minimum Gasteiger partial charge on any atom is -0.444 e. The van der Waals surface area contributed by atoms with Gasteiger partial charge < -0.3 is 15.0 Å². The molecule has 0 aromatic heterocycles. The van der Waals surface area contributed by atoms with E-state index in [0.29, 0.717) is 18.9 Å². The van der Waals surface area contributed by atoms with Crippen molar-refractivity contribution < 1.29 is 19.1 Å². The first-order valence-electron chi connectivity index (χ1n) is 10.9. The van der Waals surface area contributed by atoms with Crippen molar-refractivity contribution in [3.63, 3.8) is 0 Å². The average molecular weight is 439 g/mol. The summed E-state index contributed by atoms with van der Waals surface area (Å²) in [5.41, 5.74) is 3.10. The van der Waals surface area contributed by atoms with Gasteiger partial charge in [0.1, 0.15) is 12.1 Å². The fraction of sp³-hybridized carbons (Fsp3) is 0.423. The summed E-state index contributed by atoms with van der Waals surface area (Å²) < 4.78 is 5.15. The molecule has 0 aliphatic rings. The number of nitrogens with one attached hydrogen (secondary N) is 1. The summed E-state index contributed by atoms with van der Waals surface area (Å²) in [6.07, 6.45) is -0.0746. The van der Waals surface area contributed by atoms with Crippen LogP contribution in [0.3, 0.4) is 0 Å². The summed E-state index contributed by atoms with van der Waals surface area (Å²) in [4.78, 5) is 37.9. The highest BCUT2D eigenvalue weighted by molar-refractivity contribution is 5.96. The highest BCUT2D eigenvalue weighted by atomic mass is 16.6. The molecule has 0 unspecified atom stereocenters. The van der Waals surface area contributed by atoms with E-state index in [-0.39, 0.29) is 18.2 Å². The Kier molecular flexibility index (Phi) is 8.58. The maximum Gasteiger partial charge on any atom is 0.408 e. The lowest BCUT2D eigenvalue weighted by Gasteiger charge is -2.21. The number of amides is 2. The SMILES string of the molecule is CC(C)CC(=O)c1ccc(-c2cccc(CN(C)C(=O)CNC(=O)OC(C)(C)C)c2)cc1. The van der Waals surface area contributed by atoms with Crippen LogP contribution < -0.4 is 5.32 Å². The Balaban J connectivity index is 1.98. The van der Waals surface area contributed by atoms with Gasteiger partial charge in [-0.05, 0) is 49.4 Å². The second-order valence-electron chi connectivity index (χ2n) is 9.40. The number of alkyl carbamates (subject to hydrolysis) is 1. The first kappa shape index (κ1) is 25.1. The molecule has 0 atom stereocenters. The van der Waals surface area contributed by atoms with Crippen LogP contribution in [0.25, 0.3) is 11.1 Å². The van der Waals surface area contributed by atoms with E-state index in [1.807, 2.05) is 62.4 Å². The van der Waals surface area contributed by atoms with E-state index < -0.39 is 11.7 Å². The zero-order valence-corrected chi connectivity index (χ0v) is 19.9. The highest BCUT2D eigenvalue weighted by Gasteiger charge is 2.18. The second-order valence-corrected chi connectivity index (χ2v) is 9.40. The van der Waals surface area contributed by atoms with Gasteiger partial charge in [0, 0.05) is 25.6 Å². The molecule has 0 spiro atoms. The van der Waals surface area contributed by atoms with Gasteiger partial charge in [-0.1, -0.05) is 56.3 Å². The number of likely N-dealkylation sites (N-methyl/N-ethyl adjacent to an activating group) is 1. The van der Waals surface area contributed by atoms with Crippen LogP contribution in [0.4, 0.5) is 4.79 Å². The maximum atomic E-state index is 12.4. The van der Waals surface area contributed by atoms with Gasteiger partial charge in [0.15, 0.2) is 5.78 Å². The predicted molar refractivity (Wildman–Crippen MR) is 126 cm³/mol. The van der Waals surface area contributed by atoms with Crippen LogP contribution in [0.2, 0.25) is 0 Å². The lowest BCUT2D eigenvalue weighted by molar-refractivity contribution is -0.129. The van der Waals surface area contributed by atoms with E-state index in [4.69, 9.17) is 4.74 Å². The van der Waals surface area contributed by atoms with E-state index in [2.05, 4.69) is 5.32 Å². The number of Topliss-reactive ketones (excluding diaryl/α,β-unsaturated/α-hetero) is 1. The Hall–Kier alpha value is -3.15. The molecule has 0 saturated heterocycles. The molecular formula is C26H34N2O4. The minimum absolute atomic E-state index is 0.128. The normalized spacial score (nSPS) is 11.2. The predicted octanol–water partition coefficient (Wildman–Crippen LogP) is 5.07. The monoisotopic (exact) mass is 438 g/mol. The van der Waals surface area contributed by atoms with Crippen molar-refractivity contribution in [1.29, 1.82) is 0 Å². The van der Waals surface area contributed by atoms with Gasteiger partial charge in [0.05, 0.1) is 0 Å². The lowest BCUT2D eigenvalue weighted by Crippen LogP contribution is -2.40. The Morgan fingerprint density at radius 3 is 2.25 bits per heavy atom. The highest BCUT2D eigenvalue weighted by Crippen LogP contribution is 2.22. The Labute approximate surface area is 191 Å².